The summed E-state index contributed by atoms with van der Waals surface area (Å²) in [7, 11) is -2.91. The number of nitrogens with zero attached hydrogens (tertiary/aromatic N) is 4. The minimum absolute atomic E-state index is 0.0547. The highest BCUT2D eigenvalue weighted by molar-refractivity contribution is 7.91. The highest BCUT2D eigenvalue weighted by Gasteiger charge is 2.34. The molecule has 8 nitrogen and oxygen atoms in total. The van der Waals surface area contributed by atoms with Gasteiger partial charge in [-0.3, -0.25) is 19.1 Å². The number of carbonyl (C=O) groups excluding carboxylic acids is 1. The zero-order chi connectivity index (χ0) is 23.2. The Hall–Kier alpha value is -3.04. The molecule has 33 heavy (non-hydrogen) atoms. The Bertz CT molecular complexity index is 1370. The molecular weight excluding hydrogens is 440 g/mol. The molecule has 1 amide bonds. The summed E-state index contributed by atoms with van der Waals surface area (Å²) in [6.45, 7) is 4.30. The lowest BCUT2D eigenvalue weighted by molar-refractivity contribution is 0.0588. The van der Waals surface area contributed by atoms with E-state index in [1.807, 2.05) is 23.1 Å². The van der Waals surface area contributed by atoms with E-state index >= 15 is 0 Å². The number of hydrogen-bond donors (Lipinski definition) is 0. The fourth-order valence-corrected chi connectivity index (χ4v) is 6.60. The van der Waals surface area contributed by atoms with Gasteiger partial charge in [0.1, 0.15) is 5.82 Å². The number of piperazine rings is 1. The van der Waals surface area contributed by atoms with Gasteiger partial charge in [0.25, 0.3) is 11.5 Å². The minimum Gasteiger partial charge on any atom is -0.336 e. The minimum atomic E-state index is -2.91. The van der Waals surface area contributed by atoms with E-state index in [0.717, 1.165) is 0 Å². The van der Waals surface area contributed by atoms with Crippen molar-refractivity contribution in [1.82, 2.24) is 19.4 Å². The predicted molar refractivity (Wildman–Crippen MR) is 127 cm³/mol. The van der Waals surface area contributed by atoms with Gasteiger partial charge >= 0.3 is 0 Å². The van der Waals surface area contributed by atoms with Crippen LogP contribution in [0.4, 0.5) is 0 Å². The van der Waals surface area contributed by atoms with E-state index in [0.29, 0.717) is 60.6 Å². The molecule has 0 bridgehead atoms. The molecule has 5 rings (SSSR count). The fourth-order valence-electron chi connectivity index (χ4n) is 4.84. The molecule has 9 heteroatoms. The molecule has 0 saturated carbocycles. The Balaban J connectivity index is 1.30. The number of para-hydroxylation sites is 1. The summed E-state index contributed by atoms with van der Waals surface area (Å²) in [6.07, 6.45) is 0.681. The first-order valence-electron chi connectivity index (χ1n) is 11.1. The summed E-state index contributed by atoms with van der Waals surface area (Å²) in [5.74, 6) is 1.02. The van der Waals surface area contributed by atoms with Gasteiger partial charge in [0.05, 0.1) is 28.1 Å². The van der Waals surface area contributed by atoms with E-state index in [2.05, 4.69) is 9.88 Å². The molecule has 2 aliphatic heterocycles. The van der Waals surface area contributed by atoms with E-state index < -0.39 is 9.84 Å². The van der Waals surface area contributed by atoms with Crippen molar-refractivity contribution in [1.29, 1.82) is 0 Å². The number of benzene rings is 2. The molecule has 0 aliphatic carbocycles. The number of carbonyl (C=O) groups is 1. The lowest BCUT2D eigenvalue weighted by atomic mass is 10.1. The molecule has 0 spiro atoms. The molecule has 3 aromatic rings. The number of rotatable bonds is 3. The van der Waals surface area contributed by atoms with Crippen molar-refractivity contribution in [2.24, 2.45) is 0 Å². The van der Waals surface area contributed by atoms with Crippen LogP contribution in [0.25, 0.3) is 16.6 Å². The highest BCUT2D eigenvalue weighted by atomic mass is 32.2. The number of aryl methyl sites for hydroxylation is 1. The Morgan fingerprint density at radius 3 is 2.36 bits per heavy atom. The second-order valence-electron chi connectivity index (χ2n) is 8.75. The van der Waals surface area contributed by atoms with Crippen molar-refractivity contribution >= 4 is 26.6 Å². The molecule has 1 aromatic heterocycles. The van der Waals surface area contributed by atoms with Crippen LogP contribution in [0.1, 0.15) is 22.6 Å². The van der Waals surface area contributed by atoms with E-state index in [9.17, 15) is 18.0 Å². The topological polar surface area (TPSA) is 92.6 Å². The van der Waals surface area contributed by atoms with Crippen molar-refractivity contribution in [2.75, 3.05) is 37.7 Å². The Labute approximate surface area is 192 Å². The number of amides is 1. The van der Waals surface area contributed by atoms with Crippen molar-refractivity contribution in [3.05, 3.63) is 70.3 Å². The van der Waals surface area contributed by atoms with Crippen LogP contribution in [-0.4, -0.2) is 77.4 Å². The van der Waals surface area contributed by atoms with Gasteiger partial charge in [0.2, 0.25) is 0 Å². The summed E-state index contributed by atoms with van der Waals surface area (Å²) < 4.78 is 25.1. The standard InChI is InChI=1S/C24H26N4O4S/c1-17-25-22-5-3-2-4-21(22)24(30)28(17)19-8-6-18(7-9-19)23(29)27-13-11-26(12-14-27)20-10-15-33(31,32)16-20/h2-9,20H,10-16H2,1H3/t20-/m1/s1. The highest BCUT2D eigenvalue weighted by Crippen LogP contribution is 2.20. The third kappa shape index (κ3) is 4.18. The molecule has 2 aromatic carbocycles. The SMILES string of the molecule is Cc1nc2ccccc2c(=O)n1-c1ccc(C(=O)N2CCN([C@@H]3CCS(=O)(=O)C3)CC2)cc1. The van der Waals surface area contributed by atoms with Gasteiger partial charge in [-0.15, -0.1) is 0 Å². The van der Waals surface area contributed by atoms with Crippen molar-refractivity contribution in [2.45, 2.75) is 19.4 Å². The number of sulfone groups is 1. The van der Waals surface area contributed by atoms with E-state index in [4.69, 9.17) is 0 Å². The third-order valence-electron chi connectivity index (χ3n) is 6.64. The van der Waals surface area contributed by atoms with Crippen molar-refractivity contribution in [3.63, 3.8) is 0 Å². The fraction of sp³-hybridized carbons (Fsp3) is 0.375. The number of hydrogen-bond acceptors (Lipinski definition) is 6. The van der Waals surface area contributed by atoms with Crippen LogP contribution in [0.15, 0.2) is 53.3 Å². The first-order valence-corrected chi connectivity index (χ1v) is 13.0. The lowest BCUT2D eigenvalue weighted by Crippen LogP contribution is -2.52. The predicted octanol–water partition coefficient (Wildman–Crippen LogP) is 1.64. The second kappa shape index (κ2) is 8.39. The Morgan fingerprint density at radius 1 is 1.00 bits per heavy atom. The van der Waals surface area contributed by atoms with Crippen molar-refractivity contribution < 1.29 is 13.2 Å². The Morgan fingerprint density at radius 2 is 1.70 bits per heavy atom. The van der Waals surface area contributed by atoms with E-state index in [1.165, 1.54) is 0 Å². The average molecular weight is 467 g/mol. The monoisotopic (exact) mass is 466 g/mol. The summed E-state index contributed by atoms with van der Waals surface area (Å²) in [5.41, 5.74) is 1.76. The summed E-state index contributed by atoms with van der Waals surface area (Å²) in [4.78, 5) is 34.6. The van der Waals surface area contributed by atoms with Gasteiger partial charge in [-0.2, -0.15) is 0 Å². The van der Waals surface area contributed by atoms with Crippen LogP contribution < -0.4 is 5.56 Å². The van der Waals surface area contributed by atoms with E-state index in [1.54, 1.807) is 41.8 Å². The largest absolute Gasteiger partial charge is 0.336 e. The van der Waals surface area contributed by atoms with Gasteiger partial charge in [0, 0.05) is 37.8 Å². The van der Waals surface area contributed by atoms with Gasteiger partial charge in [-0.1, -0.05) is 12.1 Å². The second-order valence-corrected chi connectivity index (χ2v) is 11.0. The van der Waals surface area contributed by atoms with Crippen LogP contribution >= 0.6 is 0 Å². The van der Waals surface area contributed by atoms with Crippen LogP contribution in [0.3, 0.4) is 0 Å². The van der Waals surface area contributed by atoms with Crippen molar-refractivity contribution in [3.8, 4) is 5.69 Å². The van der Waals surface area contributed by atoms with E-state index in [-0.39, 0.29) is 29.0 Å². The smallest absolute Gasteiger partial charge is 0.265 e. The third-order valence-corrected chi connectivity index (χ3v) is 8.39. The molecule has 2 saturated heterocycles. The molecule has 2 aliphatic rings. The summed E-state index contributed by atoms with van der Waals surface area (Å²) in [6, 6.07) is 14.4. The molecular formula is C24H26N4O4S. The lowest BCUT2D eigenvalue weighted by Gasteiger charge is -2.37. The first kappa shape index (κ1) is 21.8. The maximum Gasteiger partial charge on any atom is 0.265 e. The molecule has 0 N–H and O–H groups in total. The first-order chi connectivity index (χ1) is 15.8. The van der Waals surface area contributed by atoms with Gasteiger partial charge in [0.15, 0.2) is 9.84 Å². The molecule has 0 unspecified atom stereocenters. The summed E-state index contributed by atoms with van der Waals surface area (Å²) >= 11 is 0. The molecule has 1 atom stereocenters. The van der Waals surface area contributed by atoms with Gasteiger partial charge in [-0.25, -0.2) is 13.4 Å². The quantitative estimate of drug-likeness (QED) is 0.583. The molecule has 3 heterocycles. The van der Waals surface area contributed by atoms with Crippen LogP contribution in [-0.2, 0) is 9.84 Å². The normalized spacial score (nSPS) is 20.9. The zero-order valence-corrected chi connectivity index (χ0v) is 19.3. The van der Waals surface area contributed by atoms with Gasteiger partial charge in [-0.05, 0) is 49.7 Å². The van der Waals surface area contributed by atoms with Crippen LogP contribution in [0.5, 0.6) is 0 Å². The van der Waals surface area contributed by atoms with Crippen LogP contribution in [0.2, 0.25) is 0 Å². The summed E-state index contributed by atoms with van der Waals surface area (Å²) in [5, 5.41) is 0.552. The Kier molecular flexibility index (Phi) is 5.54. The average Bonchev–Trinajstić information content (AvgIpc) is 3.19. The number of aromatic nitrogens is 2. The maximum atomic E-state index is 13.0. The molecule has 172 valence electrons. The van der Waals surface area contributed by atoms with Gasteiger partial charge < -0.3 is 4.90 Å². The molecule has 0 radical (unpaired) electrons. The molecule has 2 fully saturated rings. The number of fused-ring (bicyclic) bond motifs is 1. The zero-order valence-electron chi connectivity index (χ0n) is 18.5. The maximum absolute atomic E-state index is 13.0. The van der Waals surface area contributed by atoms with Crippen LogP contribution in [0, 0.1) is 6.92 Å².